The molecule has 2 saturated carbocycles. The highest BCUT2D eigenvalue weighted by Crippen LogP contribution is 2.46. The smallest absolute Gasteiger partial charge is 0.391 e. The molecule has 0 spiro atoms. The van der Waals surface area contributed by atoms with Gasteiger partial charge in [0.25, 0.3) is 11.6 Å². The summed E-state index contributed by atoms with van der Waals surface area (Å²) in [5, 5.41) is 7.68. The van der Waals surface area contributed by atoms with Crippen molar-refractivity contribution in [2.45, 2.75) is 51.1 Å². The van der Waals surface area contributed by atoms with E-state index in [0.717, 1.165) is 0 Å². The summed E-state index contributed by atoms with van der Waals surface area (Å²) in [6, 6.07) is 0. The van der Waals surface area contributed by atoms with E-state index >= 15 is 0 Å². The fourth-order valence-electron chi connectivity index (χ4n) is 3.97. The van der Waals surface area contributed by atoms with Crippen molar-refractivity contribution in [2.24, 2.45) is 23.7 Å². The first kappa shape index (κ1) is 27.4. The second-order valence-electron chi connectivity index (χ2n) is 8.72. The molecule has 10 nitrogen and oxygen atoms in total. The highest BCUT2D eigenvalue weighted by Gasteiger charge is 2.48. The second kappa shape index (κ2) is 10.8. The van der Waals surface area contributed by atoms with Crippen LogP contribution in [-0.4, -0.2) is 68.0 Å². The SMILES string of the molecule is COC(=O)c1ncn(CC2CC(C(F)(F)F)C2)n1.COC(=O)c1ncn(CC2CC(C(F)(F)F)C2)n1. The molecule has 0 aromatic carbocycles. The van der Waals surface area contributed by atoms with E-state index < -0.39 is 36.1 Å². The third-order valence-electron chi connectivity index (χ3n) is 6.10. The molecule has 4 rings (SSSR count). The number of rotatable bonds is 6. The third-order valence-corrected chi connectivity index (χ3v) is 6.10. The number of nitrogens with zero attached hydrogens (tertiary/aromatic N) is 6. The maximum absolute atomic E-state index is 12.3. The van der Waals surface area contributed by atoms with E-state index in [4.69, 9.17) is 0 Å². The molecule has 2 aromatic rings. The molecule has 0 N–H and O–H groups in total. The number of hydrogen-bond donors (Lipinski definition) is 0. The molecule has 0 radical (unpaired) electrons. The van der Waals surface area contributed by atoms with Crippen LogP contribution in [-0.2, 0) is 22.6 Å². The summed E-state index contributed by atoms with van der Waals surface area (Å²) in [5.41, 5.74) is 0. The highest BCUT2D eigenvalue weighted by molar-refractivity contribution is 5.85. The number of hydrogen-bond acceptors (Lipinski definition) is 8. The number of carbonyl (C=O) groups excluding carboxylic acids is 2. The van der Waals surface area contributed by atoms with Crippen LogP contribution in [0.25, 0.3) is 0 Å². The van der Waals surface area contributed by atoms with E-state index in [0.29, 0.717) is 13.1 Å². The number of halogens is 6. The number of carbonyl (C=O) groups is 2. The Balaban J connectivity index is 0.000000201. The predicted octanol–water partition coefficient (Wildman–Crippen LogP) is 3.31. The summed E-state index contributed by atoms with van der Waals surface area (Å²) in [7, 11) is 2.42. The average molecular weight is 526 g/mol. The second-order valence-corrected chi connectivity index (χ2v) is 8.72. The molecule has 2 heterocycles. The first-order chi connectivity index (χ1) is 16.8. The molecular weight excluding hydrogens is 502 g/mol. The van der Waals surface area contributed by atoms with Gasteiger partial charge in [-0.1, -0.05) is 0 Å². The molecule has 0 unspecified atom stereocenters. The van der Waals surface area contributed by atoms with Crippen LogP contribution in [0.3, 0.4) is 0 Å². The Morgan fingerprint density at radius 3 is 1.39 bits per heavy atom. The predicted molar refractivity (Wildman–Crippen MR) is 107 cm³/mol. The van der Waals surface area contributed by atoms with Crippen molar-refractivity contribution in [3.63, 3.8) is 0 Å². The van der Waals surface area contributed by atoms with Crippen molar-refractivity contribution < 1.29 is 45.4 Å². The molecule has 0 saturated heterocycles. The zero-order chi connectivity index (χ0) is 26.7. The maximum Gasteiger partial charge on any atom is 0.391 e. The zero-order valence-corrected chi connectivity index (χ0v) is 19.3. The molecule has 2 aliphatic carbocycles. The Morgan fingerprint density at radius 1 is 0.778 bits per heavy atom. The van der Waals surface area contributed by atoms with Crippen molar-refractivity contribution in [2.75, 3.05) is 14.2 Å². The molecule has 0 amide bonds. The summed E-state index contributed by atoms with van der Waals surface area (Å²) in [6.07, 6.45) is -5.12. The largest absolute Gasteiger partial charge is 0.463 e. The lowest BCUT2D eigenvalue weighted by Gasteiger charge is -2.36. The van der Waals surface area contributed by atoms with Crippen LogP contribution in [0, 0.1) is 23.7 Å². The molecule has 200 valence electrons. The molecule has 0 atom stereocenters. The van der Waals surface area contributed by atoms with E-state index in [1.165, 1.54) is 36.2 Å². The molecule has 0 bridgehead atoms. The Morgan fingerprint density at radius 2 is 1.11 bits per heavy atom. The first-order valence-electron chi connectivity index (χ1n) is 10.9. The minimum Gasteiger partial charge on any atom is -0.463 e. The van der Waals surface area contributed by atoms with Crippen LogP contribution in [0.1, 0.15) is 46.9 Å². The Bertz CT molecular complexity index is 958. The van der Waals surface area contributed by atoms with E-state index in [9.17, 15) is 35.9 Å². The average Bonchev–Trinajstić information content (AvgIpc) is 3.40. The number of methoxy groups -OCH3 is 2. The van der Waals surface area contributed by atoms with Crippen molar-refractivity contribution in [3.05, 3.63) is 24.3 Å². The summed E-state index contributed by atoms with van der Waals surface area (Å²) in [5.74, 6) is -4.01. The fraction of sp³-hybridized carbons (Fsp3) is 0.700. The van der Waals surface area contributed by atoms with E-state index in [-0.39, 0.29) is 49.2 Å². The quantitative estimate of drug-likeness (QED) is 0.416. The minimum absolute atomic E-state index is 0.0659. The fourth-order valence-corrected chi connectivity index (χ4v) is 3.97. The standard InChI is InChI=1S/2C10H12F3N3O2/c2*1-18-9(17)8-14-5-16(15-8)4-6-2-7(3-6)10(11,12)13/h2*5-7H,2-4H2,1H3. The van der Waals surface area contributed by atoms with Crippen LogP contribution < -0.4 is 0 Å². The van der Waals surface area contributed by atoms with Gasteiger partial charge in [0.2, 0.25) is 0 Å². The molecular formula is C20H24F6N6O4. The van der Waals surface area contributed by atoms with Gasteiger partial charge in [-0.3, -0.25) is 9.36 Å². The van der Waals surface area contributed by atoms with Crippen molar-refractivity contribution in [1.29, 1.82) is 0 Å². The maximum atomic E-state index is 12.3. The first-order valence-corrected chi connectivity index (χ1v) is 10.9. The van der Waals surface area contributed by atoms with Crippen LogP contribution in [0.2, 0.25) is 0 Å². The van der Waals surface area contributed by atoms with Crippen LogP contribution in [0.15, 0.2) is 12.7 Å². The Kier molecular flexibility index (Phi) is 8.23. The van der Waals surface area contributed by atoms with Gasteiger partial charge in [-0.05, 0) is 37.5 Å². The highest BCUT2D eigenvalue weighted by atomic mass is 19.4. The van der Waals surface area contributed by atoms with Crippen LogP contribution in [0.4, 0.5) is 26.3 Å². The van der Waals surface area contributed by atoms with E-state index in [2.05, 4.69) is 29.6 Å². The van der Waals surface area contributed by atoms with Gasteiger partial charge < -0.3 is 9.47 Å². The van der Waals surface area contributed by atoms with Crippen molar-refractivity contribution in [3.8, 4) is 0 Å². The summed E-state index contributed by atoms with van der Waals surface area (Å²) in [4.78, 5) is 29.6. The van der Waals surface area contributed by atoms with Gasteiger partial charge in [0, 0.05) is 13.1 Å². The van der Waals surface area contributed by atoms with E-state index in [1.807, 2.05) is 0 Å². The van der Waals surface area contributed by atoms with Crippen LogP contribution >= 0.6 is 0 Å². The van der Waals surface area contributed by atoms with Gasteiger partial charge in [-0.25, -0.2) is 19.6 Å². The van der Waals surface area contributed by atoms with Crippen molar-refractivity contribution >= 4 is 11.9 Å². The van der Waals surface area contributed by atoms with Gasteiger partial charge >= 0.3 is 24.3 Å². The molecule has 2 aliphatic rings. The Hall–Kier alpha value is -3.20. The van der Waals surface area contributed by atoms with Crippen LogP contribution in [0.5, 0.6) is 0 Å². The molecule has 2 aromatic heterocycles. The molecule has 36 heavy (non-hydrogen) atoms. The van der Waals surface area contributed by atoms with Gasteiger partial charge in [-0.2, -0.15) is 26.3 Å². The molecule has 2 fully saturated rings. The lowest BCUT2D eigenvalue weighted by molar-refractivity contribution is -0.206. The minimum atomic E-state index is -4.10. The summed E-state index contributed by atoms with van der Waals surface area (Å²) in [6.45, 7) is 0.688. The number of aromatic nitrogens is 6. The third kappa shape index (κ3) is 6.94. The molecule has 16 heteroatoms. The lowest BCUT2D eigenvalue weighted by Crippen LogP contribution is -2.37. The van der Waals surface area contributed by atoms with Gasteiger partial charge in [0.05, 0.1) is 26.1 Å². The normalized spacial score (nSPS) is 23.6. The van der Waals surface area contributed by atoms with Gasteiger partial charge in [0.15, 0.2) is 0 Å². The number of esters is 2. The lowest BCUT2D eigenvalue weighted by atomic mass is 9.74. The monoisotopic (exact) mass is 526 g/mol. The molecule has 0 aliphatic heterocycles. The number of ether oxygens (including phenoxy) is 2. The Labute approximate surface area is 201 Å². The van der Waals surface area contributed by atoms with Gasteiger partial charge in [0.1, 0.15) is 12.7 Å². The summed E-state index contributed by atoms with van der Waals surface area (Å²) >= 11 is 0. The van der Waals surface area contributed by atoms with Gasteiger partial charge in [-0.15, -0.1) is 10.2 Å². The topological polar surface area (TPSA) is 114 Å². The number of alkyl halides is 6. The zero-order valence-electron chi connectivity index (χ0n) is 19.3. The summed E-state index contributed by atoms with van der Waals surface area (Å²) < 4.78 is 85.3. The van der Waals surface area contributed by atoms with E-state index in [1.54, 1.807) is 0 Å². The van der Waals surface area contributed by atoms with Crippen molar-refractivity contribution in [1.82, 2.24) is 29.5 Å².